The Morgan fingerprint density at radius 2 is 1.82 bits per heavy atom. The summed E-state index contributed by atoms with van der Waals surface area (Å²) >= 11 is 0. The van der Waals surface area contributed by atoms with Gasteiger partial charge in [-0.2, -0.15) is 0 Å². The molecule has 0 aliphatic rings. The monoisotopic (exact) mass is 380 g/mol. The van der Waals surface area contributed by atoms with Gasteiger partial charge in [0, 0.05) is 24.0 Å². The highest BCUT2D eigenvalue weighted by atomic mass is 19.1. The second-order valence-electron chi connectivity index (χ2n) is 6.85. The highest BCUT2D eigenvalue weighted by molar-refractivity contribution is 5.79. The number of pyridine rings is 1. The average Bonchev–Trinajstić information content (AvgIpc) is 2.68. The number of nitrogens with one attached hydrogen (secondary N) is 2. The van der Waals surface area contributed by atoms with Crippen molar-refractivity contribution in [3.05, 3.63) is 82.3 Å². The molecule has 6 nitrogen and oxygen atoms in total. The third-order valence-electron chi connectivity index (χ3n) is 4.29. The lowest BCUT2D eigenvalue weighted by molar-refractivity contribution is -0.121. The fourth-order valence-electron chi connectivity index (χ4n) is 2.88. The molecular formula is C21H21FN4O2. The minimum absolute atomic E-state index is 0.0109. The van der Waals surface area contributed by atoms with E-state index >= 15 is 0 Å². The molecule has 1 unspecified atom stereocenters. The van der Waals surface area contributed by atoms with Gasteiger partial charge in [-0.05, 0) is 35.7 Å². The van der Waals surface area contributed by atoms with Crippen LogP contribution in [0.15, 0.2) is 59.7 Å². The fraction of sp³-hybridized carbons (Fsp3) is 0.238. The van der Waals surface area contributed by atoms with Gasteiger partial charge in [-0.3, -0.25) is 14.6 Å². The van der Waals surface area contributed by atoms with Crippen molar-refractivity contribution in [2.24, 2.45) is 5.92 Å². The zero-order valence-electron chi connectivity index (χ0n) is 15.6. The molecule has 2 heterocycles. The summed E-state index contributed by atoms with van der Waals surface area (Å²) in [5, 5.41) is 2.94. The van der Waals surface area contributed by atoms with Crippen LogP contribution in [-0.2, 0) is 11.2 Å². The lowest BCUT2D eigenvalue weighted by atomic mass is 9.99. The van der Waals surface area contributed by atoms with E-state index in [1.807, 2.05) is 13.8 Å². The normalized spacial score (nSPS) is 12.0. The number of aromatic amines is 1. The summed E-state index contributed by atoms with van der Waals surface area (Å²) in [6.45, 7) is 3.88. The number of H-pyrrole nitrogens is 1. The Hall–Kier alpha value is -3.35. The van der Waals surface area contributed by atoms with Crippen molar-refractivity contribution in [1.82, 2.24) is 20.3 Å². The highest BCUT2D eigenvalue weighted by Gasteiger charge is 2.21. The Balaban J connectivity index is 1.84. The number of carbonyl (C=O) groups excluding carboxylic acids is 1. The number of nitrogens with zero attached hydrogens (tertiary/aromatic N) is 2. The van der Waals surface area contributed by atoms with Crippen LogP contribution in [0.4, 0.5) is 4.39 Å². The lowest BCUT2D eigenvalue weighted by Crippen LogP contribution is -2.34. The molecule has 1 aromatic carbocycles. The van der Waals surface area contributed by atoms with E-state index in [0.29, 0.717) is 17.1 Å². The van der Waals surface area contributed by atoms with E-state index in [2.05, 4.69) is 20.3 Å². The van der Waals surface area contributed by atoms with E-state index < -0.39 is 6.04 Å². The number of carbonyl (C=O) groups is 1. The van der Waals surface area contributed by atoms with Crippen molar-refractivity contribution in [3.63, 3.8) is 0 Å². The molecule has 3 aromatic rings. The molecule has 3 rings (SSSR count). The van der Waals surface area contributed by atoms with Gasteiger partial charge in [0.1, 0.15) is 11.6 Å². The van der Waals surface area contributed by atoms with E-state index in [1.165, 1.54) is 18.2 Å². The molecule has 0 saturated carbocycles. The zero-order valence-corrected chi connectivity index (χ0v) is 15.6. The van der Waals surface area contributed by atoms with Crippen LogP contribution in [0.2, 0.25) is 0 Å². The average molecular weight is 380 g/mol. The summed E-state index contributed by atoms with van der Waals surface area (Å²) in [7, 11) is 0. The maximum atomic E-state index is 13.0. The van der Waals surface area contributed by atoms with Crippen LogP contribution < -0.4 is 10.9 Å². The molecule has 0 saturated heterocycles. The van der Waals surface area contributed by atoms with Crippen molar-refractivity contribution in [1.29, 1.82) is 0 Å². The van der Waals surface area contributed by atoms with Gasteiger partial charge in [0.05, 0.1) is 18.2 Å². The van der Waals surface area contributed by atoms with E-state index in [0.717, 1.165) is 5.56 Å². The number of amides is 1. The molecule has 0 aliphatic heterocycles. The summed E-state index contributed by atoms with van der Waals surface area (Å²) < 4.78 is 13.0. The number of aromatic nitrogens is 3. The first-order valence-corrected chi connectivity index (χ1v) is 8.98. The Morgan fingerprint density at radius 3 is 2.46 bits per heavy atom. The molecule has 0 bridgehead atoms. The Labute approximate surface area is 161 Å². The first-order valence-electron chi connectivity index (χ1n) is 8.98. The van der Waals surface area contributed by atoms with Gasteiger partial charge in [-0.1, -0.05) is 26.0 Å². The van der Waals surface area contributed by atoms with Crippen LogP contribution in [0.3, 0.4) is 0 Å². The van der Waals surface area contributed by atoms with Crippen LogP contribution in [0.25, 0.3) is 11.4 Å². The number of benzene rings is 1. The number of halogens is 1. The fourth-order valence-corrected chi connectivity index (χ4v) is 2.88. The van der Waals surface area contributed by atoms with Crippen molar-refractivity contribution >= 4 is 5.91 Å². The molecule has 1 amide bonds. The number of rotatable bonds is 6. The van der Waals surface area contributed by atoms with Crippen LogP contribution >= 0.6 is 0 Å². The molecule has 28 heavy (non-hydrogen) atoms. The predicted molar refractivity (Wildman–Crippen MR) is 104 cm³/mol. The summed E-state index contributed by atoms with van der Waals surface area (Å²) in [5.41, 5.74) is 1.63. The molecule has 2 aromatic heterocycles. The predicted octanol–water partition coefficient (Wildman–Crippen LogP) is 3.03. The third-order valence-corrected chi connectivity index (χ3v) is 4.29. The Morgan fingerprint density at radius 1 is 1.14 bits per heavy atom. The minimum atomic E-state index is -0.434. The molecule has 0 fully saturated rings. The van der Waals surface area contributed by atoms with E-state index in [9.17, 15) is 14.0 Å². The van der Waals surface area contributed by atoms with Gasteiger partial charge < -0.3 is 10.3 Å². The van der Waals surface area contributed by atoms with E-state index in [1.54, 1.807) is 36.7 Å². The van der Waals surface area contributed by atoms with Crippen LogP contribution in [-0.4, -0.2) is 20.9 Å². The molecular weight excluding hydrogens is 359 g/mol. The Bertz CT molecular complexity index is 1000. The first-order chi connectivity index (χ1) is 13.4. The highest BCUT2D eigenvalue weighted by Crippen LogP contribution is 2.21. The van der Waals surface area contributed by atoms with Crippen molar-refractivity contribution in [3.8, 4) is 11.4 Å². The summed E-state index contributed by atoms with van der Waals surface area (Å²) in [6, 6.07) is 10.3. The van der Waals surface area contributed by atoms with Gasteiger partial charge in [0.2, 0.25) is 5.91 Å². The molecule has 0 radical (unpaired) electrons. The molecule has 1 atom stereocenters. The molecule has 2 N–H and O–H groups in total. The van der Waals surface area contributed by atoms with Crippen molar-refractivity contribution < 1.29 is 9.18 Å². The quantitative estimate of drug-likeness (QED) is 0.688. The molecule has 0 spiro atoms. The second-order valence-corrected chi connectivity index (χ2v) is 6.85. The number of hydrogen-bond donors (Lipinski definition) is 2. The lowest BCUT2D eigenvalue weighted by Gasteiger charge is -2.22. The van der Waals surface area contributed by atoms with E-state index in [-0.39, 0.29) is 29.6 Å². The minimum Gasteiger partial charge on any atom is -0.347 e. The second kappa shape index (κ2) is 8.56. The largest absolute Gasteiger partial charge is 0.347 e. The third kappa shape index (κ3) is 4.88. The first kappa shape index (κ1) is 19.4. The van der Waals surface area contributed by atoms with Gasteiger partial charge in [0.15, 0.2) is 0 Å². The summed E-state index contributed by atoms with van der Waals surface area (Å²) in [4.78, 5) is 35.9. The number of hydrogen-bond acceptors (Lipinski definition) is 4. The van der Waals surface area contributed by atoms with Crippen LogP contribution in [0.1, 0.15) is 31.1 Å². The van der Waals surface area contributed by atoms with Crippen LogP contribution in [0.5, 0.6) is 0 Å². The van der Waals surface area contributed by atoms with E-state index in [4.69, 9.17) is 0 Å². The van der Waals surface area contributed by atoms with Gasteiger partial charge in [-0.25, -0.2) is 9.37 Å². The summed E-state index contributed by atoms with van der Waals surface area (Å²) in [6.07, 6.45) is 3.35. The van der Waals surface area contributed by atoms with Crippen LogP contribution in [0, 0.1) is 11.7 Å². The zero-order chi connectivity index (χ0) is 20.1. The molecule has 0 aliphatic carbocycles. The smallest absolute Gasteiger partial charge is 0.251 e. The van der Waals surface area contributed by atoms with Gasteiger partial charge in [-0.15, -0.1) is 0 Å². The SMILES string of the molecule is CC(C)C(NC(=O)Cc1ccc(F)cc1)c1cc(=O)[nH]c(-c2ccncc2)n1. The maximum Gasteiger partial charge on any atom is 0.251 e. The Kier molecular flexibility index (Phi) is 5.93. The van der Waals surface area contributed by atoms with Crippen molar-refractivity contribution in [2.75, 3.05) is 0 Å². The molecule has 144 valence electrons. The van der Waals surface area contributed by atoms with Gasteiger partial charge >= 0.3 is 0 Å². The summed E-state index contributed by atoms with van der Waals surface area (Å²) in [5.74, 6) is -0.140. The topological polar surface area (TPSA) is 87.7 Å². The van der Waals surface area contributed by atoms with Gasteiger partial charge in [0.25, 0.3) is 5.56 Å². The van der Waals surface area contributed by atoms with Crippen molar-refractivity contribution in [2.45, 2.75) is 26.3 Å². The molecule has 7 heteroatoms. The standard InChI is InChI=1S/C21H21FN4O2/c1-13(2)20(25-18(27)11-14-3-5-16(22)6-4-14)17-12-19(28)26-21(24-17)15-7-9-23-10-8-15/h3-10,12-13,20H,11H2,1-2H3,(H,25,27)(H,24,26,28). The maximum absolute atomic E-state index is 13.0.